The molecule has 0 aliphatic carbocycles. The maximum absolute atomic E-state index is 13.3. The number of anilines is 1. The first-order valence-corrected chi connectivity index (χ1v) is 9.75. The summed E-state index contributed by atoms with van der Waals surface area (Å²) in [5.41, 5.74) is 5.42. The highest BCUT2D eigenvalue weighted by Crippen LogP contribution is 2.28. The second kappa shape index (κ2) is 7.12. The molecule has 0 saturated heterocycles. The first kappa shape index (κ1) is 18.1. The Morgan fingerprint density at radius 3 is 2.37 bits per heavy atom. The molecule has 0 unspecified atom stereocenters. The first-order valence-electron chi connectivity index (χ1n) is 9.75. The summed E-state index contributed by atoms with van der Waals surface area (Å²) in [5.74, 6) is 0. The van der Waals surface area contributed by atoms with Crippen molar-refractivity contribution in [1.82, 2.24) is 14.5 Å². The molecule has 3 aromatic carbocycles. The molecule has 30 heavy (non-hydrogen) atoms. The van der Waals surface area contributed by atoms with Crippen LogP contribution < -0.4 is 10.5 Å². The summed E-state index contributed by atoms with van der Waals surface area (Å²) in [6, 6.07) is 23.7. The minimum Gasteiger partial charge on any atom is -0.378 e. The molecule has 0 aliphatic rings. The number of hydrogen-bond donors (Lipinski definition) is 0. The van der Waals surface area contributed by atoms with Gasteiger partial charge in [-0.15, -0.1) is 0 Å². The summed E-state index contributed by atoms with van der Waals surface area (Å²) >= 11 is 0. The molecule has 5 heteroatoms. The molecule has 0 amide bonds. The molecule has 2 aromatic heterocycles. The van der Waals surface area contributed by atoms with Gasteiger partial charge in [-0.2, -0.15) is 0 Å². The Balaban J connectivity index is 1.67. The third kappa shape index (κ3) is 3.01. The largest absolute Gasteiger partial charge is 0.378 e. The summed E-state index contributed by atoms with van der Waals surface area (Å²) in [6.07, 6.45) is 3.40. The molecule has 146 valence electrons. The molecule has 5 aromatic rings. The van der Waals surface area contributed by atoms with Gasteiger partial charge in [-0.05, 0) is 59.7 Å². The van der Waals surface area contributed by atoms with Crippen molar-refractivity contribution >= 4 is 27.5 Å². The van der Waals surface area contributed by atoms with Crippen molar-refractivity contribution in [2.45, 2.75) is 0 Å². The van der Waals surface area contributed by atoms with Crippen LogP contribution in [0.2, 0.25) is 0 Å². The van der Waals surface area contributed by atoms with Gasteiger partial charge in [0.2, 0.25) is 0 Å². The number of fused-ring (bicyclic) bond motifs is 2. The van der Waals surface area contributed by atoms with Gasteiger partial charge in [-0.3, -0.25) is 14.3 Å². The van der Waals surface area contributed by atoms with Gasteiger partial charge >= 0.3 is 0 Å². The lowest BCUT2D eigenvalue weighted by Crippen LogP contribution is -2.19. The van der Waals surface area contributed by atoms with Crippen LogP contribution >= 0.6 is 0 Å². The minimum atomic E-state index is -0.0854. The molecule has 0 saturated carbocycles. The van der Waals surface area contributed by atoms with Crippen LogP contribution in [0.4, 0.5) is 5.69 Å². The molecule has 5 nitrogen and oxygen atoms in total. The molecule has 0 bridgehead atoms. The van der Waals surface area contributed by atoms with Crippen molar-refractivity contribution in [3.8, 4) is 16.8 Å². The zero-order chi connectivity index (χ0) is 20.7. The predicted molar refractivity (Wildman–Crippen MR) is 122 cm³/mol. The van der Waals surface area contributed by atoms with E-state index >= 15 is 0 Å². The van der Waals surface area contributed by atoms with Gasteiger partial charge in [-0.1, -0.05) is 24.3 Å². The summed E-state index contributed by atoms with van der Waals surface area (Å²) in [5, 5.41) is 1.65. The highest BCUT2D eigenvalue weighted by Gasteiger charge is 2.10. The fourth-order valence-corrected chi connectivity index (χ4v) is 3.73. The number of para-hydroxylation sites is 1. The number of benzene rings is 3. The number of aromatic nitrogens is 3. The van der Waals surface area contributed by atoms with Crippen LogP contribution in [0.25, 0.3) is 38.6 Å². The van der Waals surface area contributed by atoms with Crippen molar-refractivity contribution in [2.24, 2.45) is 0 Å². The van der Waals surface area contributed by atoms with Gasteiger partial charge in [-0.25, -0.2) is 4.98 Å². The highest BCUT2D eigenvalue weighted by atomic mass is 16.1. The first-order chi connectivity index (χ1) is 14.6. The highest BCUT2D eigenvalue weighted by molar-refractivity contribution is 5.96. The molecule has 0 spiro atoms. The number of rotatable bonds is 3. The van der Waals surface area contributed by atoms with Crippen LogP contribution in [0.1, 0.15) is 0 Å². The third-order valence-electron chi connectivity index (χ3n) is 5.36. The summed E-state index contributed by atoms with van der Waals surface area (Å²) in [7, 11) is 3.98. The van der Waals surface area contributed by atoms with Crippen molar-refractivity contribution in [3.05, 3.63) is 95.7 Å². The van der Waals surface area contributed by atoms with E-state index in [1.165, 1.54) is 0 Å². The van der Waals surface area contributed by atoms with Gasteiger partial charge in [0.25, 0.3) is 5.56 Å². The smallest absolute Gasteiger partial charge is 0.265 e. The molecule has 0 aliphatic heterocycles. The Labute approximate surface area is 173 Å². The van der Waals surface area contributed by atoms with Gasteiger partial charge in [0.15, 0.2) is 0 Å². The molecule has 0 fully saturated rings. The standard InChI is InChI=1S/C25H20N4O/c1-28(2)18-8-10-19(11-9-18)29-16-27-24-12-7-17(15-22(24)25(29)30)20-13-14-26-23-6-4-3-5-21(20)23/h3-16H,1-2H3. The normalized spacial score (nSPS) is 11.1. The molecular weight excluding hydrogens is 372 g/mol. The van der Waals surface area contributed by atoms with Crippen molar-refractivity contribution in [1.29, 1.82) is 0 Å². The quantitative estimate of drug-likeness (QED) is 0.448. The Hall–Kier alpha value is -3.99. The van der Waals surface area contributed by atoms with E-state index in [4.69, 9.17) is 0 Å². The topological polar surface area (TPSA) is 51.0 Å². The average Bonchev–Trinajstić information content (AvgIpc) is 2.79. The minimum absolute atomic E-state index is 0.0854. The van der Waals surface area contributed by atoms with Gasteiger partial charge in [0.1, 0.15) is 6.33 Å². The van der Waals surface area contributed by atoms with E-state index < -0.39 is 0 Å². The maximum Gasteiger partial charge on any atom is 0.265 e. The van der Waals surface area contributed by atoms with Crippen molar-refractivity contribution in [2.75, 3.05) is 19.0 Å². The van der Waals surface area contributed by atoms with E-state index in [1.54, 1.807) is 17.1 Å². The second-order valence-corrected chi connectivity index (χ2v) is 7.44. The van der Waals surface area contributed by atoms with Crippen LogP contribution in [0.5, 0.6) is 0 Å². The Morgan fingerprint density at radius 1 is 0.800 bits per heavy atom. The van der Waals surface area contributed by atoms with Crippen LogP contribution in [0, 0.1) is 0 Å². The van der Waals surface area contributed by atoms with E-state index in [0.717, 1.165) is 33.4 Å². The Morgan fingerprint density at radius 2 is 1.57 bits per heavy atom. The van der Waals surface area contributed by atoms with Gasteiger partial charge < -0.3 is 4.90 Å². The average molecular weight is 392 g/mol. The molecule has 0 radical (unpaired) electrons. The van der Waals surface area contributed by atoms with Crippen LogP contribution in [-0.2, 0) is 0 Å². The second-order valence-electron chi connectivity index (χ2n) is 7.44. The Kier molecular flexibility index (Phi) is 4.29. The van der Waals surface area contributed by atoms with Crippen molar-refractivity contribution in [3.63, 3.8) is 0 Å². The predicted octanol–water partition coefficient (Wildman–Crippen LogP) is 4.67. The Bertz CT molecular complexity index is 1430. The van der Waals surface area contributed by atoms with Crippen molar-refractivity contribution < 1.29 is 0 Å². The van der Waals surface area contributed by atoms with E-state index in [9.17, 15) is 4.79 Å². The van der Waals surface area contributed by atoms with E-state index in [2.05, 4.69) is 16.0 Å². The molecule has 5 rings (SSSR count). The van der Waals surface area contributed by atoms with E-state index in [1.807, 2.05) is 85.7 Å². The number of pyridine rings is 1. The lowest BCUT2D eigenvalue weighted by Gasteiger charge is -2.13. The van der Waals surface area contributed by atoms with Crippen LogP contribution in [-0.4, -0.2) is 28.6 Å². The molecular formula is C25H20N4O. The summed E-state index contributed by atoms with van der Waals surface area (Å²) in [6.45, 7) is 0. The molecule has 0 atom stereocenters. The fourth-order valence-electron chi connectivity index (χ4n) is 3.73. The van der Waals surface area contributed by atoms with E-state index in [-0.39, 0.29) is 5.56 Å². The SMILES string of the molecule is CN(C)c1ccc(-n2cnc3ccc(-c4ccnc5ccccc45)cc3c2=O)cc1. The summed E-state index contributed by atoms with van der Waals surface area (Å²) in [4.78, 5) is 24.3. The summed E-state index contributed by atoms with van der Waals surface area (Å²) < 4.78 is 1.59. The van der Waals surface area contributed by atoms with Crippen LogP contribution in [0.15, 0.2) is 90.1 Å². The van der Waals surface area contributed by atoms with Gasteiger partial charge in [0.05, 0.1) is 22.1 Å². The van der Waals surface area contributed by atoms with Crippen LogP contribution in [0.3, 0.4) is 0 Å². The lowest BCUT2D eigenvalue weighted by atomic mass is 10.00. The lowest BCUT2D eigenvalue weighted by molar-refractivity contribution is 0.962. The maximum atomic E-state index is 13.3. The van der Waals surface area contributed by atoms with E-state index in [0.29, 0.717) is 10.9 Å². The zero-order valence-electron chi connectivity index (χ0n) is 16.8. The van der Waals surface area contributed by atoms with Gasteiger partial charge in [0, 0.05) is 31.4 Å². The molecule has 2 heterocycles. The fraction of sp³-hybridized carbons (Fsp3) is 0.0800. The molecule has 0 N–H and O–H groups in total. The zero-order valence-corrected chi connectivity index (χ0v) is 16.8. The third-order valence-corrected chi connectivity index (χ3v) is 5.36. The number of nitrogens with zero attached hydrogens (tertiary/aromatic N) is 4. The number of hydrogen-bond acceptors (Lipinski definition) is 4. The monoisotopic (exact) mass is 392 g/mol.